The van der Waals surface area contributed by atoms with Crippen LogP contribution in [0.2, 0.25) is 0 Å². The summed E-state index contributed by atoms with van der Waals surface area (Å²) >= 11 is 1.48. The van der Waals surface area contributed by atoms with Crippen LogP contribution in [0.3, 0.4) is 0 Å². The molecule has 0 saturated carbocycles. The minimum Gasteiger partial charge on any atom is -0.493 e. The van der Waals surface area contributed by atoms with Crippen LogP contribution < -0.4 is 9.47 Å². The van der Waals surface area contributed by atoms with E-state index in [1.54, 1.807) is 23.1 Å². The molecule has 0 spiro atoms. The number of nitriles is 1. The molecule has 0 aromatic heterocycles. The van der Waals surface area contributed by atoms with Crippen molar-refractivity contribution in [2.24, 2.45) is 0 Å². The number of hydrogen-bond donors (Lipinski definition) is 0. The Morgan fingerprint density at radius 3 is 2.83 bits per heavy atom. The fourth-order valence-corrected chi connectivity index (χ4v) is 3.36. The molecule has 1 saturated heterocycles. The predicted octanol–water partition coefficient (Wildman–Crippen LogP) is 1.06. The van der Waals surface area contributed by atoms with Crippen LogP contribution in [0.5, 0.6) is 11.5 Å². The van der Waals surface area contributed by atoms with Gasteiger partial charge in [-0.3, -0.25) is 9.59 Å². The van der Waals surface area contributed by atoms with Gasteiger partial charge >= 0.3 is 5.97 Å². The molecule has 8 heteroatoms. The third-order valence-electron chi connectivity index (χ3n) is 3.53. The molecule has 1 amide bonds. The van der Waals surface area contributed by atoms with E-state index in [2.05, 4.69) is 0 Å². The Balaban J connectivity index is 1.96. The van der Waals surface area contributed by atoms with Crippen molar-refractivity contribution in [2.45, 2.75) is 5.25 Å². The lowest BCUT2D eigenvalue weighted by molar-refractivity contribution is -0.141. The summed E-state index contributed by atoms with van der Waals surface area (Å²) in [5.41, 5.74) is 0.444. The van der Waals surface area contributed by atoms with E-state index in [1.165, 1.54) is 26.0 Å². The van der Waals surface area contributed by atoms with Crippen LogP contribution in [0, 0.1) is 11.3 Å². The van der Waals surface area contributed by atoms with Crippen molar-refractivity contribution in [1.29, 1.82) is 5.26 Å². The quantitative estimate of drug-likeness (QED) is 0.734. The molecule has 1 atom stereocenters. The van der Waals surface area contributed by atoms with Crippen LogP contribution in [0.15, 0.2) is 18.2 Å². The van der Waals surface area contributed by atoms with E-state index in [4.69, 9.17) is 19.5 Å². The monoisotopic (exact) mass is 350 g/mol. The van der Waals surface area contributed by atoms with Crippen molar-refractivity contribution in [2.75, 3.05) is 39.7 Å². The molecule has 1 aliphatic heterocycles. The second kappa shape index (κ2) is 8.45. The zero-order valence-electron chi connectivity index (χ0n) is 13.5. The molecule has 128 valence electrons. The van der Waals surface area contributed by atoms with Gasteiger partial charge in [-0.15, -0.1) is 11.8 Å². The van der Waals surface area contributed by atoms with Crippen LogP contribution in [-0.2, 0) is 14.3 Å². The average molecular weight is 350 g/mol. The maximum atomic E-state index is 12.3. The number of amides is 1. The van der Waals surface area contributed by atoms with Gasteiger partial charge in [0.2, 0.25) is 0 Å². The number of rotatable bonds is 5. The third-order valence-corrected chi connectivity index (χ3v) is 4.69. The van der Waals surface area contributed by atoms with Crippen molar-refractivity contribution in [3.63, 3.8) is 0 Å². The van der Waals surface area contributed by atoms with Gasteiger partial charge < -0.3 is 19.1 Å². The summed E-state index contributed by atoms with van der Waals surface area (Å²) in [6, 6.07) is 6.74. The van der Waals surface area contributed by atoms with Gasteiger partial charge in [-0.1, -0.05) is 0 Å². The Bertz CT molecular complexity index is 658. The van der Waals surface area contributed by atoms with Gasteiger partial charge in [0.15, 0.2) is 18.1 Å². The predicted molar refractivity (Wildman–Crippen MR) is 88.0 cm³/mol. The second-order valence-corrected chi connectivity index (χ2v) is 6.30. The summed E-state index contributed by atoms with van der Waals surface area (Å²) in [6.45, 7) is 0.704. The summed E-state index contributed by atoms with van der Waals surface area (Å²) in [7, 11) is 2.80. The molecule has 0 aliphatic carbocycles. The summed E-state index contributed by atoms with van der Waals surface area (Å²) in [4.78, 5) is 25.5. The Hall–Kier alpha value is -2.40. The van der Waals surface area contributed by atoms with E-state index in [9.17, 15) is 9.59 Å². The number of hydrogen-bond acceptors (Lipinski definition) is 7. The van der Waals surface area contributed by atoms with Crippen LogP contribution in [0.4, 0.5) is 0 Å². The maximum absolute atomic E-state index is 12.3. The lowest BCUT2D eigenvalue weighted by Gasteiger charge is -2.30. The fourth-order valence-electron chi connectivity index (χ4n) is 2.24. The van der Waals surface area contributed by atoms with Crippen LogP contribution >= 0.6 is 11.8 Å². The molecule has 2 rings (SSSR count). The molecule has 1 aromatic carbocycles. The van der Waals surface area contributed by atoms with Crippen molar-refractivity contribution in [3.05, 3.63) is 23.8 Å². The third kappa shape index (κ3) is 4.32. The first-order chi connectivity index (χ1) is 11.6. The van der Waals surface area contributed by atoms with E-state index in [0.717, 1.165) is 0 Å². The highest BCUT2D eigenvalue weighted by Gasteiger charge is 2.29. The van der Waals surface area contributed by atoms with Crippen LogP contribution in [0.1, 0.15) is 5.56 Å². The number of methoxy groups -OCH3 is 2. The molecule has 0 N–H and O–H groups in total. The van der Waals surface area contributed by atoms with Gasteiger partial charge in [0, 0.05) is 24.9 Å². The zero-order valence-corrected chi connectivity index (χ0v) is 14.3. The van der Waals surface area contributed by atoms with Crippen LogP contribution in [0.25, 0.3) is 0 Å². The van der Waals surface area contributed by atoms with E-state index >= 15 is 0 Å². The number of esters is 1. The molecular weight excluding hydrogens is 332 g/mol. The van der Waals surface area contributed by atoms with Gasteiger partial charge in [0.1, 0.15) is 5.25 Å². The van der Waals surface area contributed by atoms with Crippen molar-refractivity contribution < 1.29 is 23.8 Å². The molecule has 0 bridgehead atoms. The van der Waals surface area contributed by atoms with Gasteiger partial charge in [-0.25, -0.2) is 0 Å². The Labute approximate surface area is 144 Å². The molecule has 7 nitrogen and oxygen atoms in total. The van der Waals surface area contributed by atoms with Crippen molar-refractivity contribution >= 4 is 23.6 Å². The second-order valence-electron chi connectivity index (χ2n) is 4.99. The summed E-state index contributed by atoms with van der Waals surface area (Å²) in [6.07, 6.45) is 0. The number of ether oxygens (including phenoxy) is 3. The maximum Gasteiger partial charge on any atom is 0.320 e. The highest BCUT2D eigenvalue weighted by atomic mass is 32.2. The number of carbonyl (C=O) groups excluding carboxylic acids is 2. The first-order valence-corrected chi connectivity index (χ1v) is 8.32. The molecule has 1 fully saturated rings. The van der Waals surface area contributed by atoms with Crippen molar-refractivity contribution in [1.82, 2.24) is 4.90 Å². The average Bonchev–Trinajstić information content (AvgIpc) is 2.65. The number of carbonyl (C=O) groups is 2. The van der Waals surface area contributed by atoms with Gasteiger partial charge in [0.25, 0.3) is 5.91 Å². The van der Waals surface area contributed by atoms with E-state index in [0.29, 0.717) is 35.9 Å². The van der Waals surface area contributed by atoms with E-state index in [1.807, 2.05) is 6.07 Å². The molecular formula is C16H18N2O5S. The fraction of sp³-hybridized carbons (Fsp3) is 0.438. The zero-order chi connectivity index (χ0) is 17.5. The summed E-state index contributed by atoms with van der Waals surface area (Å²) in [5, 5.41) is 8.52. The van der Waals surface area contributed by atoms with Gasteiger partial charge in [0.05, 0.1) is 25.9 Å². The molecule has 24 heavy (non-hydrogen) atoms. The first kappa shape index (κ1) is 17.9. The topological polar surface area (TPSA) is 88.9 Å². The SMILES string of the molecule is COC(=O)[C@@H]1CN(C(=O)COc2ccc(C#N)cc2OC)CCS1. The summed E-state index contributed by atoms with van der Waals surface area (Å²) in [5.74, 6) is 0.915. The Morgan fingerprint density at radius 2 is 2.17 bits per heavy atom. The highest BCUT2D eigenvalue weighted by molar-refractivity contribution is 8.00. The van der Waals surface area contributed by atoms with E-state index in [-0.39, 0.29) is 23.7 Å². The van der Waals surface area contributed by atoms with E-state index < -0.39 is 0 Å². The Morgan fingerprint density at radius 1 is 1.38 bits per heavy atom. The highest BCUT2D eigenvalue weighted by Crippen LogP contribution is 2.28. The number of thioether (sulfide) groups is 1. The molecule has 0 unspecified atom stereocenters. The minimum absolute atomic E-state index is 0.166. The largest absolute Gasteiger partial charge is 0.493 e. The molecule has 1 aliphatic rings. The normalized spacial score (nSPS) is 16.9. The number of nitrogens with zero attached hydrogens (tertiary/aromatic N) is 2. The van der Waals surface area contributed by atoms with Crippen LogP contribution in [-0.4, -0.2) is 61.7 Å². The lowest BCUT2D eigenvalue weighted by Crippen LogP contribution is -2.46. The number of benzene rings is 1. The summed E-state index contributed by atoms with van der Waals surface area (Å²) < 4.78 is 15.4. The Kier molecular flexibility index (Phi) is 6.32. The van der Waals surface area contributed by atoms with Gasteiger partial charge in [-0.05, 0) is 12.1 Å². The smallest absolute Gasteiger partial charge is 0.320 e. The molecule has 1 heterocycles. The minimum atomic E-state index is -0.364. The first-order valence-electron chi connectivity index (χ1n) is 7.27. The lowest BCUT2D eigenvalue weighted by atomic mass is 10.2. The van der Waals surface area contributed by atoms with Gasteiger partial charge in [-0.2, -0.15) is 5.26 Å². The standard InChI is InChI=1S/C16H18N2O5S/c1-21-13-7-11(8-17)3-4-12(13)23-10-15(19)18-5-6-24-14(9-18)16(20)22-2/h3-4,7,14H,5-6,9-10H2,1-2H3/t14-/m0/s1. The molecule has 0 radical (unpaired) electrons. The molecule has 1 aromatic rings. The van der Waals surface area contributed by atoms with Crippen molar-refractivity contribution in [3.8, 4) is 17.6 Å².